The van der Waals surface area contributed by atoms with E-state index in [9.17, 15) is 13.2 Å². The first-order valence-electron chi connectivity index (χ1n) is 9.06. The van der Waals surface area contributed by atoms with Crippen molar-refractivity contribution in [2.45, 2.75) is 21.6 Å². The van der Waals surface area contributed by atoms with E-state index >= 15 is 0 Å². The molecule has 1 amide bonds. The molecule has 0 aliphatic heterocycles. The van der Waals surface area contributed by atoms with Gasteiger partial charge in [-0.05, 0) is 55.0 Å². The first-order chi connectivity index (χ1) is 13.9. The van der Waals surface area contributed by atoms with E-state index in [1.165, 1.54) is 17.0 Å². The number of rotatable bonds is 8. The fourth-order valence-corrected chi connectivity index (χ4v) is 5.24. The van der Waals surface area contributed by atoms with Crippen LogP contribution in [0.3, 0.4) is 0 Å². The second-order valence-electron chi connectivity index (χ2n) is 6.43. The predicted octanol–water partition coefficient (Wildman–Crippen LogP) is 4.13. The third kappa shape index (κ3) is 4.99. The van der Waals surface area contributed by atoms with Crippen LogP contribution < -0.4 is 11.1 Å². The standard InChI is InChI=1S/C22H22N2O3S2/c1-16-15-18(29(26,27)21-10-6-5-9-19(21)22(23)25)11-12-20(16)24-13-14-28-17-7-3-2-4-8-17/h2-12,15,24H,13-14H2,1H3,(H2,23,25). The van der Waals surface area contributed by atoms with Crippen molar-refractivity contribution in [1.82, 2.24) is 0 Å². The number of aryl methyl sites for hydroxylation is 1. The Bertz CT molecular complexity index is 1110. The Morgan fingerprint density at radius 1 is 1.00 bits per heavy atom. The summed E-state index contributed by atoms with van der Waals surface area (Å²) in [4.78, 5) is 12.9. The van der Waals surface area contributed by atoms with E-state index in [-0.39, 0.29) is 15.4 Å². The Balaban J connectivity index is 1.73. The number of carbonyl (C=O) groups excluding carboxylic acids is 1. The Labute approximate surface area is 175 Å². The van der Waals surface area contributed by atoms with Crippen LogP contribution in [0.25, 0.3) is 0 Å². The summed E-state index contributed by atoms with van der Waals surface area (Å²) in [5.41, 5.74) is 7.02. The molecule has 5 nitrogen and oxygen atoms in total. The zero-order valence-corrected chi connectivity index (χ0v) is 17.6. The van der Waals surface area contributed by atoms with Crippen molar-refractivity contribution >= 4 is 33.2 Å². The van der Waals surface area contributed by atoms with E-state index in [0.717, 1.165) is 23.5 Å². The molecule has 0 spiro atoms. The highest BCUT2D eigenvalue weighted by atomic mass is 32.2. The Kier molecular flexibility index (Phi) is 6.61. The average Bonchev–Trinajstić information content (AvgIpc) is 2.72. The SMILES string of the molecule is Cc1cc(S(=O)(=O)c2ccccc2C(N)=O)ccc1NCCSc1ccccc1. The van der Waals surface area contributed by atoms with Gasteiger partial charge in [-0.15, -0.1) is 11.8 Å². The highest BCUT2D eigenvalue weighted by Crippen LogP contribution is 2.27. The Morgan fingerprint density at radius 2 is 1.69 bits per heavy atom. The molecule has 0 aliphatic rings. The molecule has 0 aliphatic carbocycles. The Morgan fingerprint density at radius 3 is 2.38 bits per heavy atom. The Hall–Kier alpha value is -2.77. The van der Waals surface area contributed by atoms with Gasteiger partial charge in [0.05, 0.1) is 15.4 Å². The third-order valence-electron chi connectivity index (χ3n) is 4.38. The normalized spacial score (nSPS) is 11.2. The summed E-state index contributed by atoms with van der Waals surface area (Å²) in [6.45, 7) is 2.60. The number of carbonyl (C=O) groups is 1. The number of benzene rings is 3. The molecule has 0 saturated heterocycles. The summed E-state index contributed by atoms with van der Waals surface area (Å²) in [6, 6.07) is 21.0. The molecule has 3 aromatic carbocycles. The van der Waals surface area contributed by atoms with Crippen molar-refractivity contribution in [3.8, 4) is 0 Å². The van der Waals surface area contributed by atoms with Gasteiger partial charge in [0.2, 0.25) is 15.7 Å². The van der Waals surface area contributed by atoms with E-state index in [4.69, 9.17) is 5.73 Å². The molecule has 0 aromatic heterocycles. The molecule has 7 heteroatoms. The largest absolute Gasteiger partial charge is 0.384 e. The van der Waals surface area contributed by atoms with Gasteiger partial charge in [0, 0.05) is 22.9 Å². The van der Waals surface area contributed by atoms with Crippen LogP contribution in [0.5, 0.6) is 0 Å². The maximum absolute atomic E-state index is 13.0. The van der Waals surface area contributed by atoms with Gasteiger partial charge < -0.3 is 11.1 Å². The number of nitrogens with two attached hydrogens (primary N) is 1. The van der Waals surface area contributed by atoms with E-state index in [1.807, 2.05) is 25.1 Å². The number of hydrogen-bond acceptors (Lipinski definition) is 5. The van der Waals surface area contributed by atoms with Crippen molar-refractivity contribution in [1.29, 1.82) is 0 Å². The number of hydrogen-bond donors (Lipinski definition) is 2. The van der Waals surface area contributed by atoms with Crippen molar-refractivity contribution in [3.05, 3.63) is 83.9 Å². The van der Waals surface area contributed by atoms with Gasteiger partial charge in [0.1, 0.15) is 0 Å². The highest BCUT2D eigenvalue weighted by Gasteiger charge is 2.23. The zero-order chi connectivity index (χ0) is 20.9. The summed E-state index contributed by atoms with van der Waals surface area (Å²) in [5, 5.41) is 3.34. The molecule has 29 heavy (non-hydrogen) atoms. The number of anilines is 1. The molecule has 0 atom stereocenters. The smallest absolute Gasteiger partial charge is 0.250 e. The van der Waals surface area contributed by atoms with Crippen molar-refractivity contribution in [3.63, 3.8) is 0 Å². The maximum atomic E-state index is 13.0. The van der Waals surface area contributed by atoms with E-state index in [1.54, 1.807) is 42.1 Å². The molecule has 0 bridgehead atoms. The van der Waals surface area contributed by atoms with Crippen LogP contribution in [0, 0.1) is 6.92 Å². The number of primary amides is 1. The highest BCUT2D eigenvalue weighted by molar-refractivity contribution is 7.99. The molecular formula is C22H22N2O3S2. The molecule has 0 fully saturated rings. The molecular weight excluding hydrogens is 404 g/mol. The first kappa shape index (κ1) is 21.0. The molecule has 0 unspecified atom stereocenters. The minimum Gasteiger partial charge on any atom is -0.384 e. The lowest BCUT2D eigenvalue weighted by molar-refractivity contribution is 0.0997. The molecule has 0 saturated carbocycles. The van der Waals surface area contributed by atoms with Gasteiger partial charge in [-0.1, -0.05) is 30.3 Å². The maximum Gasteiger partial charge on any atom is 0.250 e. The minimum absolute atomic E-state index is 0.00899. The van der Waals surface area contributed by atoms with Crippen LogP contribution in [0.15, 0.2) is 87.5 Å². The summed E-state index contributed by atoms with van der Waals surface area (Å²) in [7, 11) is -3.85. The molecule has 0 heterocycles. The molecule has 3 N–H and O–H groups in total. The predicted molar refractivity (Wildman–Crippen MR) is 117 cm³/mol. The number of sulfone groups is 1. The third-order valence-corrected chi connectivity index (χ3v) is 7.20. The van der Waals surface area contributed by atoms with Crippen LogP contribution in [-0.2, 0) is 9.84 Å². The fraction of sp³-hybridized carbons (Fsp3) is 0.136. The molecule has 150 valence electrons. The topological polar surface area (TPSA) is 89.3 Å². The lowest BCUT2D eigenvalue weighted by atomic mass is 10.2. The van der Waals surface area contributed by atoms with Crippen LogP contribution in [0.1, 0.15) is 15.9 Å². The summed E-state index contributed by atoms with van der Waals surface area (Å²) < 4.78 is 26.0. The molecule has 3 aromatic rings. The van der Waals surface area contributed by atoms with Crippen LogP contribution in [-0.4, -0.2) is 26.6 Å². The first-order valence-corrected chi connectivity index (χ1v) is 11.5. The quantitative estimate of drug-likeness (QED) is 0.418. The summed E-state index contributed by atoms with van der Waals surface area (Å²) in [5.74, 6) is 0.116. The zero-order valence-electron chi connectivity index (χ0n) is 16.0. The van der Waals surface area contributed by atoms with E-state index < -0.39 is 15.7 Å². The summed E-state index contributed by atoms with van der Waals surface area (Å²) >= 11 is 1.75. The van der Waals surface area contributed by atoms with Crippen LogP contribution >= 0.6 is 11.8 Å². The second-order valence-corrected chi connectivity index (χ2v) is 9.52. The van der Waals surface area contributed by atoms with E-state index in [0.29, 0.717) is 0 Å². The fourth-order valence-electron chi connectivity index (χ4n) is 2.90. The van der Waals surface area contributed by atoms with Crippen LogP contribution in [0.4, 0.5) is 5.69 Å². The van der Waals surface area contributed by atoms with Crippen LogP contribution in [0.2, 0.25) is 0 Å². The van der Waals surface area contributed by atoms with Crippen molar-refractivity contribution in [2.75, 3.05) is 17.6 Å². The monoisotopic (exact) mass is 426 g/mol. The minimum atomic E-state index is -3.85. The second kappa shape index (κ2) is 9.15. The van der Waals surface area contributed by atoms with E-state index in [2.05, 4.69) is 17.4 Å². The van der Waals surface area contributed by atoms with Gasteiger partial charge in [0.15, 0.2) is 0 Å². The number of thioether (sulfide) groups is 1. The van der Waals surface area contributed by atoms with Gasteiger partial charge in [-0.3, -0.25) is 4.79 Å². The lowest BCUT2D eigenvalue weighted by Gasteiger charge is -2.13. The molecule has 0 radical (unpaired) electrons. The van der Waals surface area contributed by atoms with Gasteiger partial charge >= 0.3 is 0 Å². The van der Waals surface area contributed by atoms with Gasteiger partial charge in [-0.25, -0.2) is 8.42 Å². The number of amides is 1. The number of nitrogens with one attached hydrogen (secondary N) is 1. The van der Waals surface area contributed by atoms with Crippen molar-refractivity contribution < 1.29 is 13.2 Å². The van der Waals surface area contributed by atoms with Crippen molar-refractivity contribution in [2.24, 2.45) is 5.73 Å². The average molecular weight is 427 g/mol. The lowest BCUT2D eigenvalue weighted by Crippen LogP contribution is -2.16. The molecule has 3 rings (SSSR count). The summed E-state index contributed by atoms with van der Waals surface area (Å²) in [6.07, 6.45) is 0. The van der Waals surface area contributed by atoms with Gasteiger partial charge in [0.25, 0.3) is 0 Å². The van der Waals surface area contributed by atoms with Gasteiger partial charge in [-0.2, -0.15) is 0 Å².